The lowest BCUT2D eigenvalue weighted by Crippen LogP contribution is -2.32. The maximum Gasteiger partial charge on any atom is 0.329 e. The largest absolute Gasteiger partial charge is 0.329 e. The van der Waals surface area contributed by atoms with Crippen molar-refractivity contribution in [2.45, 2.75) is 20.3 Å². The zero-order valence-corrected chi connectivity index (χ0v) is 13.2. The van der Waals surface area contributed by atoms with Crippen LogP contribution in [0.4, 0.5) is 5.69 Å². The summed E-state index contributed by atoms with van der Waals surface area (Å²) >= 11 is 0. The fourth-order valence-corrected chi connectivity index (χ4v) is 2.00. The molecule has 0 aliphatic carbocycles. The third-order valence-corrected chi connectivity index (χ3v) is 3.31. The Balaban J connectivity index is 1.92. The second-order valence-corrected chi connectivity index (χ2v) is 5.07. The highest BCUT2D eigenvalue weighted by molar-refractivity contribution is 6.39. The molecule has 2 aromatic carbocycles. The van der Waals surface area contributed by atoms with Gasteiger partial charge in [-0.25, -0.2) is 5.43 Å². The second kappa shape index (κ2) is 7.89. The van der Waals surface area contributed by atoms with E-state index in [0.29, 0.717) is 5.69 Å². The Bertz CT molecular complexity index is 721. The summed E-state index contributed by atoms with van der Waals surface area (Å²) in [6.45, 7) is 3.97. The Morgan fingerprint density at radius 2 is 1.74 bits per heavy atom. The lowest BCUT2D eigenvalue weighted by Gasteiger charge is -2.08. The number of hydrogen-bond acceptors (Lipinski definition) is 3. The zero-order valence-electron chi connectivity index (χ0n) is 13.2. The van der Waals surface area contributed by atoms with Gasteiger partial charge in [0.25, 0.3) is 0 Å². The summed E-state index contributed by atoms with van der Waals surface area (Å²) in [5, 5.41) is 6.38. The summed E-state index contributed by atoms with van der Waals surface area (Å²) in [6.07, 6.45) is 2.26. The smallest absolute Gasteiger partial charge is 0.317 e. The van der Waals surface area contributed by atoms with E-state index in [0.717, 1.165) is 23.1 Å². The van der Waals surface area contributed by atoms with Crippen LogP contribution >= 0.6 is 0 Å². The van der Waals surface area contributed by atoms with Crippen LogP contribution in [-0.4, -0.2) is 18.0 Å². The number of nitrogens with zero attached hydrogens (tertiary/aromatic N) is 1. The van der Waals surface area contributed by atoms with E-state index in [1.165, 1.54) is 6.21 Å². The van der Waals surface area contributed by atoms with Gasteiger partial charge in [0.1, 0.15) is 0 Å². The maximum absolute atomic E-state index is 11.9. The van der Waals surface area contributed by atoms with E-state index in [4.69, 9.17) is 0 Å². The first-order chi connectivity index (χ1) is 11.1. The number of amides is 2. The molecule has 0 saturated carbocycles. The molecule has 2 N–H and O–H groups in total. The predicted octanol–water partition coefficient (Wildman–Crippen LogP) is 2.65. The van der Waals surface area contributed by atoms with Crippen molar-refractivity contribution in [1.82, 2.24) is 5.43 Å². The molecule has 2 rings (SSSR count). The van der Waals surface area contributed by atoms with Crippen molar-refractivity contribution in [2.24, 2.45) is 5.10 Å². The minimum Gasteiger partial charge on any atom is -0.317 e. The van der Waals surface area contributed by atoms with Gasteiger partial charge in [0, 0.05) is 5.69 Å². The molecule has 0 radical (unpaired) electrons. The van der Waals surface area contributed by atoms with Crippen molar-refractivity contribution in [3.8, 4) is 0 Å². The van der Waals surface area contributed by atoms with Crippen LogP contribution in [0.3, 0.4) is 0 Å². The molecule has 0 bridgehead atoms. The standard InChI is InChI=1S/C18H19N3O2/c1-3-15-6-4-5-7-16(15)20-17(22)18(23)21-19-12-14-10-8-13(2)9-11-14/h4-12H,3H2,1-2H3,(H,20,22)(H,21,23)/b19-12-. The van der Waals surface area contributed by atoms with Gasteiger partial charge in [-0.15, -0.1) is 0 Å². The van der Waals surface area contributed by atoms with E-state index in [9.17, 15) is 9.59 Å². The van der Waals surface area contributed by atoms with E-state index in [1.54, 1.807) is 6.07 Å². The first-order valence-corrected chi connectivity index (χ1v) is 7.39. The molecule has 0 fully saturated rings. The van der Waals surface area contributed by atoms with Gasteiger partial charge >= 0.3 is 11.8 Å². The molecular formula is C18H19N3O2. The fraction of sp³-hybridized carbons (Fsp3) is 0.167. The van der Waals surface area contributed by atoms with Crippen LogP contribution in [0.5, 0.6) is 0 Å². The van der Waals surface area contributed by atoms with Gasteiger partial charge in [0.2, 0.25) is 0 Å². The van der Waals surface area contributed by atoms with E-state index in [1.807, 2.05) is 56.3 Å². The van der Waals surface area contributed by atoms with Crippen molar-refractivity contribution >= 4 is 23.7 Å². The molecule has 0 heterocycles. The molecule has 5 heteroatoms. The van der Waals surface area contributed by atoms with Crippen LogP contribution in [0.2, 0.25) is 0 Å². The summed E-state index contributed by atoms with van der Waals surface area (Å²) in [6, 6.07) is 15.0. The Morgan fingerprint density at radius 1 is 1.04 bits per heavy atom. The zero-order chi connectivity index (χ0) is 16.7. The molecule has 0 saturated heterocycles. The number of carbonyl (C=O) groups is 2. The SMILES string of the molecule is CCc1ccccc1NC(=O)C(=O)N/N=C\c1ccc(C)cc1. The highest BCUT2D eigenvalue weighted by atomic mass is 16.2. The van der Waals surface area contributed by atoms with Crippen LogP contribution in [0, 0.1) is 6.92 Å². The topological polar surface area (TPSA) is 70.6 Å². The van der Waals surface area contributed by atoms with Crippen molar-refractivity contribution in [2.75, 3.05) is 5.32 Å². The highest BCUT2D eigenvalue weighted by Crippen LogP contribution is 2.15. The number of rotatable bonds is 4. The molecular weight excluding hydrogens is 290 g/mol. The van der Waals surface area contributed by atoms with Crippen molar-refractivity contribution in [1.29, 1.82) is 0 Å². The number of para-hydroxylation sites is 1. The van der Waals surface area contributed by atoms with E-state index < -0.39 is 11.8 Å². The third-order valence-electron chi connectivity index (χ3n) is 3.31. The number of nitrogens with one attached hydrogen (secondary N) is 2. The Kier molecular flexibility index (Phi) is 5.63. The molecule has 0 unspecified atom stereocenters. The van der Waals surface area contributed by atoms with E-state index in [2.05, 4.69) is 15.8 Å². The normalized spacial score (nSPS) is 10.5. The average Bonchev–Trinajstić information content (AvgIpc) is 2.57. The summed E-state index contributed by atoms with van der Waals surface area (Å²) in [7, 11) is 0. The molecule has 5 nitrogen and oxygen atoms in total. The predicted molar refractivity (Wildman–Crippen MR) is 91.4 cm³/mol. The molecule has 118 valence electrons. The molecule has 23 heavy (non-hydrogen) atoms. The van der Waals surface area contributed by atoms with Crippen molar-refractivity contribution < 1.29 is 9.59 Å². The highest BCUT2D eigenvalue weighted by Gasteiger charge is 2.14. The van der Waals surface area contributed by atoms with Crippen molar-refractivity contribution in [3.63, 3.8) is 0 Å². The fourth-order valence-electron chi connectivity index (χ4n) is 2.00. The molecule has 0 aromatic heterocycles. The molecule has 0 aliphatic rings. The third kappa shape index (κ3) is 4.78. The summed E-state index contributed by atoms with van der Waals surface area (Å²) in [4.78, 5) is 23.6. The number of hydrogen-bond donors (Lipinski definition) is 2. The molecule has 2 aromatic rings. The van der Waals surface area contributed by atoms with Gasteiger partial charge < -0.3 is 5.32 Å². The maximum atomic E-state index is 11.9. The van der Waals surface area contributed by atoms with Crippen LogP contribution in [0.25, 0.3) is 0 Å². The van der Waals surface area contributed by atoms with Crippen LogP contribution < -0.4 is 10.7 Å². The first-order valence-electron chi connectivity index (χ1n) is 7.39. The van der Waals surface area contributed by atoms with Gasteiger partial charge in [-0.3, -0.25) is 9.59 Å². The van der Waals surface area contributed by atoms with E-state index in [-0.39, 0.29) is 0 Å². The van der Waals surface area contributed by atoms with E-state index >= 15 is 0 Å². The van der Waals surface area contributed by atoms with Gasteiger partial charge in [-0.1, -0.05) is 55.0 Å². The quantitative estimate of drug-likeness (QED) is 0.518. The Labute approximate surface area is 135 Å². The van der Waals surface area contributed by atoms with Gasteiger partial charge in [0.15, 0.2) is 0 Å². The number of hydrazone groups is 1. The van der Waals surface area contributed by atoms with Crippen LogP contribution in [-0.2, 0) is 16.0 Å². The number of aryl methyl sites for hydroxylation is 2. The van der Waals surface area contributed by atoms with Crippen LogP contribution in [0.15, 0.2) is 53.6 Å². The number of carbonyl (C=O) groups excluding carboxylic acids is 2. The van der Waals surface area contributed by atoms with Crippen molar-refractivity contribution in [3.05, 3.63) is 65.2 Å². The Morgan fingerprint density at radius 3 is 2.43 bits per heavy atom. The molecule has 0 aliphatic heterocycles. The number of benzene rings is 2. The summed E-state index contributed by atoms with van der Waals surface area (Å²) < 4.78 is 0. The Hall–Kier alpha value is -2.95. The molecule has 0 atom stereocenters. The lowest BCUT2D eigenvalue weighted by atomic mass is 10.1. The monoisotopic (exact) mass is 309 g/mol. The number of anilines is 1. The molecule has 2 amide bonds. The first kappa shape index (κ1) is 16.4. The minimum absolute atomic E-state index is 0.637. The second-order valence-electron chi connectivity index (χ2n) is 5.07. The lowest BCUT2D eigenvalue weighted by molar-refractivity contribution is -0.136. The van der Waals surface area contributed by atoms with Gasteiger partial charge in [-0.2, -0.15) is 5.10 Å². The molecule has 0 spiro atoms. The average molecular weight is 309 g/mol. The summed E-state index contributed by atoms with van der Waals surface area (Å²) in [5.74, 6) is -1.55. The van der Waals surface area contributed by atoms with Gasteiger partial charge in [0.05, 0.1) is 6.21 Å². The minimum atomic E-state index is -0.806. The van der Waals surface area contributed by atoms with Gasteiger partial charge in [-0.05, 0) is 30.5 Å². The van der Waals surface area contributed by atoms with Crippen LogP contribution in [0.1, 0.15) is 23.6 Å². The summed E-state index contributed by atoms with van der Waals surface area (Å²) in [5.41, 5.74) is 5.81.